The van der Waals surface area contributed by atoms with Gasteiger partial charge in [-0.3, -0.25) is 14.5 Å². The number of anilines is 1. The molecule has 1 fully saturated rings. The molecule has 0 aliphatic carbocycles. The maximum absolute atomic E-state index is 12.5. The van der Waals surface area contributed by atoms with Gasteiger partial charge in [-0.25, -0.2) is 8.42 Å². The maximum atomic E-state index is 12.5. The van der Waals surface area contributed by atoms with Crippen LogP contribution in [0.3, 0.4) is 0 Å². The number of amides is 2. The van der Waals surface area contributed by atoms with E-state index in [1.165, 1.54) is 16.4 Å². The summed E-state index contributed by atoms with van der Waals surface area (Å²) in [6.45, 7) is 7.79. The van der Waals surface area contributed by atoms with Gasteiger partial charge in [-0.1, -0.05) is 13.8 Å². The van der Waals surface area contributed by atoms with Crippen LogP contribution < -0.4 is 5.32 Å². The number of hydrogen-bond donors (Lipinski definition) is 1. The van der Waals surface area contributed by atoms with Crippen molar-refractivity contribution in [2.75, 3.05) is 45.1 Å². The Hall–Kier alpha value is -1.97. The SMILES string of the molecule is CCN(CC)S(=O)(=O)c1ccc(NC(=O)CN2CCC(N(C)C(C)=O)CC2)cc1. The Bertz CT molecular complexity index is 798. The smallest absolute Gasteiger partial charge is 0.243 e. The molecule has 162 valence electrons. The lowest BCUT2D eigenvalue weighted by Crippen LogP contribution is -2.46. The molecule has 29 heavy (non-hydrogen) atoms. The van der Waals surface area contributed by atoms with Crippen LogP contribution >= 0.6 is 0 Å². The Labute approximate surface area is 173 Å². The molecule has 2 rings (SSSR count). The molecule has 0 spiro atoms. The second-order valence-electron chi connectivity index (χ2n) is 7.30. The molecular weight excluding hydrogens is 392 g/mol. The van der Waals surface area contributed by atoms with Crippen LogP contribution in [0.5, 0.6) is 0 Å². The van der Waals surface area contributed by atoms with Gasteiger partial charge in [0.25, 0.3) is 0 Å². The van der Waals surface area contributed by atoms with Gasteiger partial charge in [-0.2, -0.15) is 4.31 Å². The zero-order valence-corrected chi connectivity index (χ0v) is 18.5. The standard InChI is InChI=1S/C20H32N4O4S/c1-5-24(6-2)29(27,28)19-9-7-17(8-10-19)21-20(26)15-23-13-11-18(12-14-23)22(4)16(3)25/h7-10,18H,5-6,11-15H2,1-4H3,(H,21,26). The number of nitrogens with one attached hydrogen (secondary N) is 1. The number of hydrogen-bond acceptors (Lipinski definition) is 5. The molecule has 1 heterocycles. The van der Waals surface area contributed by atoms with E-state index in [1.54, 1.807) is 37.8 Å². The molecule has 0 saturated carbocycles. The predicted octanol–water partition coefficient (Wildman–Crippen LogP) is 1.60. The molecule has 9 heteroatoms. The van der Waals surface area contributed by atoms with Gasteiger partial charge in [-0.05, 0) is 37.1 Å². The van der Waals surface area contributed by atoms with Crippen molar-refractivity contribution >= 4 is 27.5 Å². The van der Waals surface area contributed by atoms with Crippen LogP contribution in [-0.2, 0) is 19.6 Å². The lowest BCUT2D eigenvalue weighted by molar-refractivity contribution is -0.130. The summed E-state index contributed by atoms with van der Waals surface area (Å²) in [5, 5.41) is 2.82. The normalized spacial score (nSPS) is 16.0. The molecule has 1 aliphatic rings. The van der Waals surface area contributed by atoms with E-state index in [1.807, 2.05) is 7.05 Å². The van der Waals surface area contributed by atoms with Crippen LogP contribution in [0.2, 0.25) is 0 Å². The molecule has 0 aromatic heterocycles. The first-order chi connectivity index (χ1) is 13.7. The summed E-state index contributed by atoms with van der Waals surface area (Å²) in [6.07, 6.45) is 1.70. The van der Waals surface area contributed by atoms with E-state index in [2.05, 4.69) is 10.2 Å². The summed E-state index contributed by atoms with van der Waals surface area (Å²) in [6, 6.07) is 6.50. The third-order valence-electron chi connectivity index (χ3n) is 5.45. The van der Waals surface area contributed by atoms with Crippen LogP contribution in [0.15, 0.2) is 29.2 Å². The summed E-state index contributed by atoms with van der Waals surface area (Å²) in [4.78, 5) is 27.9. The third-order valence-corrected chi connectivity index (χ3v) is 7.51. The molecule has 8 nitrogen and oxygen atoms in total. The van der Waals surface area contributed by atoms with Crippen molar-refractivity contribution in [2.45, 2.75) is 44.6 Å². The van der Waals surface area contributed by atoms with Crippen molar-refractivity contribution in [3.8, 4) is 0 Å². The third kappa shape index (κ3) is 6.01. The summed E-state index contributed by atoms with van der Waals surface area (Å²) < 4.78 is 26.4. The Morgan fingerprint density at radius 1 is 1.10 bits per heavy atom. The van der Waals surface area contributed by atoms with Crippen molar-refractivity contribution in [1.82, 2.24) is 14.1 Å². The van der Waals surface area contributed by atoms with E-state index in [-0.39, 0.29) is 29.3 Å². The van der Waals surface area contributed by atoms with Gasteiger partial charge in [0.15, 0.2) is 0 Å². The van der Waals surface area contributed by atoms with Crippen molar-refractivity contribution in [2.24, 2.45) is 0 Å². The zero-order valence-electron chi connectivity index (χ0n) is 17.7. The van der Waals surface area contributed by atoms with Crippen molar-refractivity contribution < 1.29 is 18.0 Å². The highest BCUT2D eigenvalue weighted by Gasteiger charge is 2.25. The van der Waals surface area contributed by atoms with Gasteiger partial charge in [0.05, 0.1) is 11.4 Å². The Morgan fingerprint density at radius 3 is 2.14 bits per heavy atom. The molecule has 0 atom stereocenters. The lowest BCUT2D eigenvalue weighted by atomic mass is 10.0. The minimum absolute atomic E-state index is 0.0626. The molecule has 0 unspecified atom stereocenters. The maximum Gasteiger partial charge on any atom is 0.243 e. The van der Waals surface area contributed by atoms with E-state index in [9.17, 15) is 18.0 Å². The lowest BCUT2D eigenvalue weighted by Gasteiger charge is -2.36. The van der Waals surface area contributed by atoms with E-state index < -0.39 is 10.0 Å². The van der Waals surface area contributed by atoms with Gasteiger partial charge in [0.2, 0.25) is 21.8 Å². The molecule has 1 aromatic rings. The van der Waals surface area contributed by atoms with Gasteiger partial charge < -0.3 is 10.2 Å². The van der Waals surface area contributed by atoms with Crippen molar-refractivity contribution in [3.63, 3.8) is 0 Å². The van der Waals surface area contributed by atoms with Crippen LogP contribution in [0.4, 0.5) is 5.69 Å². The minimum Gasteiger partial charge on any atom is -0.343 e. The average molecular weight is 425 g/mol. The highest BCUT2D eigenvalue weighted by Crippen LogP contribution is 2.19. The summed E-state index contributed by atoms with van der Waals surface area (Å²) in [5.41, 5.74) is 0.569. The summed E-state index contributed by atoms with van der Waals surface area (Å²) in [7, 11) is -1.68. The number of carbonyl (C=O) groups excluding carboxylic acids is 2. The highest BCUT2D eigenvalue weighted by molar-refractivity contribution is 7.89. The topological polar surface area (TPSA) is 90.0 Å². The molecule has 1 N–H and O–H groups in total. The largest absolute Gasteiger partial charge is 0.343 e. The average Bonchev–Trinajstić information content (AvgIpc) is 2.69. The van der Waals surface area contributed by atoms with Crippen LogP contribution in [0, 0.1) is 0 Å². The molecule has 1 aromatic carbocycles. The molecular formula is C20H32N4O4S. The fraction of sp³-hybridized carbons (Fsp3) is 0.600. The Kier molecular flexibility index (Phi) is 8.18. The molecule has 0 radical (unpaired) electrons. The highest BCUT2D eigenvalue weighted by atomic mass is 32.2. The molecule has 2 amide bonds. The van der Waals surface area contributed by atoms with E-state index in [0.29, 0.717) is 18.8 Å². The molecule has 1 saturated heterocycles. The zero-order chi connectivity index (χ0) is 21.6. The number of carbonyl (C=O) groups is 2. The molecule has 1 aliphatic heterocycles. The van der Waals surface area contributed by atoms with Crippen LogP contribution in [-0.4, -0.2) is 80.2 Å². The number of piperidine rings is 1. The number of likely N-dealkylation sites (tertiary alicyclic amines) is 1. The first kappa shape index (κ1) is 23.3. The van der Waals surface area contributed by atoms with E-state index >= 15 is 0 Å². The van der Waals surface area contributed by atoms with Gasteiger partial charge in [-0.15, -0.1) is 0 Å². The van der Waals surface area contributed by atoms with Crippen molar-refractivity contribution in [3.05, 3.63) is 24.3 Å². The number of sulfonamides is 1. The van der Waals surface area contributed by atoms with Crippen LogP contribution in [0.25, 0.3) is 0 Å². The minimum atomic E-state index is -3.50. The van der Waals surface area contributed by atoms with Gasteiger partial charge in [0.1, 0.15) is 0 Å². The number of benzene rings is 1. The summed E-state index contributed by atoms with van der Waals surface area (Å²) >= 11 is 0. The quantitative estimate of drug-likeness (QED) is 0.685. The summed E-state index contributed by atoms with van der Waals surface area (Å²) in [5.74, 6) is -0.0737. The van der Waals surface area contributed by atoms with E-state index in [0.717, 1.165) is 25.9 Å². The Morgan fingerprint density at radius 2 is 1.66 bits per heavy atom. The van der Waals surface area contributed by atoms with Gasteiger partial charge in [0, 0.05) is 51.9 Å². The number of nitrogens with zero attached hydrogens (tertiary/aromatic N) is 3. The van der Waals surface area contributed by atoms with E-state index in [4.69, 9.17) is 0 Å². The number of rotatable bonds is 8. The van der Waals surface area contributed by atoms with Crippen LogP contribution in [0.1, 0.15) is 33.6 Å². The first-order valence-electron chi connectivity index (χ1n) is 10.0. The first-order valence-corrected chi connectivity index (χ1v) is 11.5. The van der Waals surface area contributed by atoms with Gasteiger partial charge >= 0.3 is 0 Å². The molecule has 0 bridgehead atoms. The predicted molar refractivity (Wildman–Crippen MR) is 113 cm³/mol. The fourth-order valence-corrected chi connectivity index (χ4v) is 5.01. The van der Waals surface area contributed by atoms with Crippen molar-refractivity contribution in [1.29, 1.82) is 0 Å². The monoisotopic (exact) mass is 424 g/mol. The second kappa shape index (κ2) is 10.2. The Balaban J connectivity index is 1.88. The fourth-order valence-electron chi connectivity index (χ4n) is 3.55. The second-order valence-corrected chi connectivity index (χ2v) is 9.24.